The van der Waals surface area contributed by atoms with E-state index in [1.807, 2.05) is 18.2 Å². The van der Waals surface area contributed by atoms with Crippen LogP contribution in [-0.2, 0) is 22.3 Å². The van der Waals surface area contributed by atoms with Gasteiger partial charge in [-0.3, -0.25) is 0 Å². The van der Waals surface area contributed by atoms with Crippen molar-refractivity contribution < 1.29 is 4.74 Å². The van der Waals surface area contributed by atoms with Crippen LogP contribution in [0.3, 0.4) is 0 Å². The lowest BCUT2D eigenvalue weighted by Crippen LogP contribution is -2.43. The second-order valence-electron chi connectivity index (χ2n) is 11.0. The van der Waals surface area contributed by atoms with E-state index in [-0.39, 0.29) is 5.41 Å². The lowest BCUT2D eigenvalue weighted by molar-refractivity contribution is -0.100. The number of ether oxygens (including phenoxy) is 1. The number of hydrogen-bond acceptors (Lipinski definition) is 4. The van der Waals surface area contributed by atoms with Crippen LogP contribution in [0, 0.1) is 23.2 Å². The van der Waals surface area contributed by atoms with E-state index in [4.69, 9.17) is 14.8 Å². The van der Waals surface area contributed by atoms with Crippen molar-refractivity contribution in [2.75, 3.05) is 6.61 Å². The van der Waals surface area contributed by atoms with Crippen LogP contribution in [0.5, 0.6) is 0 Å². The monoisotopic (exact) mass is 466 g/mol. The van der Waals surface area contributed by atoms with Crippen LogP contribution >= 0.6 is 0 Å². The first-order chi connectivity index (χ1) is 17.2. The first kappa shape index (κ1) is 22.5. The summed E-state index contributed by atoms with van der Waals surface area (Å²) in [6, 6.07) is 23.4. The molecule has 0 radical (unpaired) electrons. The van der Waals surface area contributed by atoms with Gasteiger partial charge in [0, 0.05) is 23.9 Å². The van der Waals surface area contributed by atoms with Crippen molar-refractivity contribution in [1.82, 2.24) is 14.8 Å². The summed E-state index contributed by atoms with van der Waals surface area (Å²) in [6.45, 7) is 1.72. The van der Waals surface area contributed by atoms with Crippen LogP contribution < -0.4 is 0 Å². The molecule has 3 saturated carbocycles. The molecule has 1 aromatic heterocycles. The van der Waals surface area contributed by atoms with Crippen molar-refractivity contribution in [3.05, 3.63) is 72.1 Å². The smallest absolute Gasteiger partial charge is 0.181 e. The Labute approximate surface area is 208 Å². The number of hydrogen-bond donors (Lipinski definition) is 0. The molecule has 5 nitrogen and oxygen atoms in total. The Balaban J connectivity index is 1.37. The Kier molecular flexibility index (Phi) is 5.94. The minimum atomic E-state index is -0.439. The number of benzene rings is 2. The lowest BCUT2D eigenvalue weighted by atomic mass is 9.63. The lowest BCUT2D eigenvalue weighted by Gasteiger charge is -2.45. The summed E-state index contributed by atoms with van der Waals surface area (Å²) in [4.78, 5) is 5.18. The van der Waals surface area contributed by atoms with Crippen LogP contribution in [0.2, 0.25) is 0 Å². The highest BCUT2D eigenvalue weighted by molar-refractivity contribution is 5.54. The molecule has 0 amide bonds. The van der Waals surface area contributed by atoms with Gasteiger partial charge in [0.1, 0.15) is 5.60 Å². The average Bonchev–Trinajstić information content (AvgIpc) is 3.84. The maximum absolute atomic E-state index is 9.75. The standard InChI is InChI=1S/C30H34N4O/c31-20-19-29(26-9-5-2-6-10-26)15-17-30(18-16-29,35-22-24-13-14-24)28-32-27(25-7-3-1-4-8-25)33-34(28)21-23-11-12-23/h1-10,23-24H,11-19,21-22H2. The average molecular weight is 467 g/mol. The van der Waals surface area contributed by atoms with Gasteiger partial charge < -0.3 is 4.74 Å². The first-order valence-electron chi connectivity index (χ1n) is 13.3. The normalized spacial score (nSPS) is 26.4. The van der Waals surface area contributed by atoms with Gasteiger partial charge in [0.05, 0.1) is 12.7 Å². The molecule has 180 valence electrons. The van der Waals surface area contributed by atoms with Gasteiger partial charge in [-0.2, -0.15) is 10.4 Å². The number of nitrogens with zero attached hydrogens (tertiary/aromatic N) is 4. The quantitative estimate of drug-likeness (QED) is 0.366. The zero-order valence-electron chi connectivity index (χ0n) is 20.4. The summed E-state index contributed by atoms with van der Waals surface area (Å²) in [5.74, 6) is 3.18. The third-order valence-electron chi connectivity index (χ3n) is 8.35. The largest absolute Gasteiger partial charge is 0.367 e. The number of rotatable bonds is 9. The molecule has 3 aliphatic carbocycles. The fourth-order valence-electron chi connectivity index (χ4n) is 5.70. The van der Waals surface area contributed by atoms with Gasteiger partial charge in [-0.15, -0.1) is 0 Å². The molecule has 0 bridgehead atoms. The predicted molar refractivity (Wildman–Crippen MR) is 135 cm³/mol. The molecule has 3 aromatic rings. The summed E-state index contributed by atoms with van der Waals surface area (Å²) in [6.07, 6.45) is 9.20. The zero-order chi connectivity index (χ0) is 23.7. The van der Waals surface area contributed by atoms with E-state index in [9.17, 15) is 5.26 Å². The van der Waals surface area contributed by atoms with E-state index in [1.54, 1.807) is 0 Å². The molecule has 6 rings (SSSR count). The molecule has 0 spiro atoms. The van der Waals surface area contributed by atoms with E-state index < -0.39 is 5.60 Å². The Bertz CT molecular complexity index is 1180. The van der Waals surface area contributed by atoms with E-state index in [0.29, 0.717) is 18.3 Å². The molecular formula is C30H34N4O. The maximum atomic E-state index is 9.75. The van der Waals surface area contributed by atoms with Crippen LogP contribution in [0.25, 0.3) is 11.4 Å². The third kappa shape index (κ3) is 4.65. The predicted octanol–water partition coefficient (Wildman–Crippen LogP) is 6.40. The summed E-state index contributed by atoms with van der Waals surface area (Å²) < 4.78 is 9.05. The second-order valence-corrected chi connectivity index (χ2v) is 11.0. The first-order valence-corrected chi connectivity index (χ1v) is 13.3. The molecule has 1 heterocycles. The van der Waals surface area contributed by atoms with Crippen LogP contribution in [0.4, 0.5) is 0 Å². The number of nitriles is 1. The minimum Gasteiger partial charge on any atom is -0.367 e. The van der Waals surface area contributed by atoms with Gasteiger partial charge in [-0.1, -0.05) is 60.7 Å². The second kappa shape index (κ2) is 9.24. The van der Waals surface area contributed by atoms with Crippen LogP contribution in [-0.4, -0.2) is 21.4 Å². The fraction of sp³-hybridized carbons (Fsp3) is 0.500. The fourth-order valence-corrected chi connectivity index (χ4v) is 5.70. The molecule has 5 heteroatoms. The van der Waals surface area contributed by atoms with Gasteiger partial charge in [0.2, 0.25) is 0 Å². The summed E-state index contributed by atoms with van der Waals surface area (Å²) in [5.41, 5.74) is 1.78. The van der Waals surface area contributed by atoms with Crippen molar-refractivity contribution in [1.29, 1.82) is 5.26 Å². The molecule has 2 aromatic carbocycles. The van der Waals surface area contributed by atoms with Gasteiger partial charge in [-0.25, -0.2) is 9.67 Å². The molecular weight excluding hydrogens is 432 g/mol. The summed E-state index contributed by atoms with van der Waals surface area (Å²) in [7, 11) is 0. The van der Waals surface area contributed by atoms with E-state index in [1.165, 1.54) is 31.2 Å². The van der Waals surface area contributed by atoms with Crippen LogP contribution in [0.15, 0.2) is 60.7 Å². The highest BCUT2D eigenvalue weighted by atomic mass is 16.5. The van der Waals surface area contributed by atoms with Gasteiger partial charge in [-0.05, 0) is 68.8 Å². The zero-order valence-corrected chi connectivity index (χ0v) is 20.4. The highest BCUT2D eigenvalue weighted by Gasteiger charge is 2.49. The van der Waals surface area contributed by atoms with Crippen molar-refractivity contribution in [3.63, 3.8) is 0 Å². The Morgan fingerprint density at radius 3 is 2.17 bits per heavy atom. The van der Waals surface area contributed by atoms with E-state index in [0.717, 1.165) is 56.0 Å². The van der Waals surface area contributed by atoms with Crippen LogP contribution in [0.1, 0.15) is 69.2 Å². The molecule has 0 atom stereocenters. The van der Waals surface area contributed by atoms with Crippen molar-refractivity contribution in [2.24, 2.45) is 11.8 Å². The Morgan fingerprint density at radius 1 is 0.886 bits per heavy atom. The molecule has 35 heavy (non-hydrogen) atoms. The maximum Gasteiger partial charge on any atom is 0.181 e. The van der Waals surface area contributed by atoms with Gasteiger partial charge in [0.15, 0.2) is 11.6 Å². The molecule has 0 N–H and O–H groups in total. The topological polar surface area (TPSA) is 63.7 Å². The SMILES string of the molecule is N#CCC1(c2ccccc2)CCC(OCC2CC2)(c2nc(-c3ccccc3)nn2CC2CC2)CC1. The van der Waals surface area contributed by atoms with Crippen molar-refractivity contribution in [2.45, 2.75) is 75.3 Å². The van der Waals surface area contributed by atoms with Crippen molar-refractivity contribution >= 4 is 0 Å². The van der Waals surface area contributed by atoms with Crippen molar-refractivity contribution in [3.8, 4) is 17.5 Å². The molecule has 0 saturated heterocycles. The Morgan fingerprint density at radius 2 is 1.54 bits per heavy atom. The van der Waals surface area contributed by atoms with Gasteiger partial charge >= 0.3 is 0 Å². The third-order valence-corrected chi connectivity index (χ3v) is 8.35. The molecule has 0 aliphatic heterocycles. The summed E-state index contributed by atoms with van der Waals surface area (Å²) in [5, 5.41) is 14.8. The molecule has 0 unspecified atom stereocenters. The van der Waals surface area contributed by atoms with E-state index in [2.05, 4.69) is 53.2 Å². The van der Waals surface area contributed by atoms with Gasteiger partial charge in [0.25, 0.3) is 0 Å². The summed E-state index contributed by atoms with van der Waals surface area (Å²) >= 11 is 0. The molecule has 3 fully saturated rings. The highest BCUT2D eigenvalue weighted by Crippen LogP contribution is 2.51. The van der Waals surface area contributed by atoms with E-state index >= 15 is 0 Å². The molecule has 3 aliphatic rings. The Hall–Kier alpha value is -2.97. The number of aromatic nitrogens is 3. The minimum absolute atomic E-state index is 0.119.